The lowest BCUT2D eigenvalue weighted by molar-refractivity contribution is 0.102. The van der Waals surface area contributed by atoms with Crippen LogP contribution < -0.4 is 14.8 Å². The van der Waals surface area contributed by atoms with Crippen molar-refractivity contribution >= 4 is 38.6 Å². The van der Waals surface area contributed by atoms with Gasteiger partial charge in [0.15, 0.2) is 0 Å². The zero-order valence-electron chi connectivity index (χ0n) is 14.6. The first-order valence-corrected chi connectivity index (χ1v) is 10.6. The molecule has 9 heteroatoms. The van der Waals surface area contributed by atoms with E-state index in [4.69, 9.17) is 4.74 Å². The standard InChI is InChI=1S/C18H17N3O4S2/c1-25-16-9-8-13(10-14(16)21-27(2,23)24)19-17(22)15-11-26-18(20-15)12-6-4-3-5-7-12/h3-11,21H,1-2H3,(H,19,22). The number of amides is 1. The van der Waals surface area contributed by atoms with E-state index in [2.05, 4.69) is 15.0 Å². The van der Waals surface area contributed by atoms with Crippen LogP contribution in [0.2, 0.25) is 0 Å². The second kappa shape index (κ2) is 7.77. The number of rotatable bonds is 6. The van der Waals surface area contributed by atoms with Crippen LogP contribution in [0.25, 0.3) is 10.6 Å². The van der Waals surface area contributed by atoms with Gasteiger partial charge in [0.1, 0.15) is 16.5 Å². The highest BCUT2D eigenvalue weighted by Crippen LogP contribution is 2.29. The van der Waals surface area contributed by atoms with Gasteiger partial charge in [-0.05, 0) is 18.2 Å². The van der Waals surface area contributed by atoms with Crippen molar-refractivity contribution < 1.29 is 17.9 Å². The van der Waals surface area contributed by atoms with Gasteiger partial charge in [0.2, 0.25) is 10.0 Å². The zero-order valence-corrected chi connectivity index (χ0v) is 16.2. The first-order chi connectivity index (χ1) is 12.9. The summed E-state index contributed by atoms with van der Waals surface area (Å²) in [6.45, 7) is 0. The van der Waals surface area contributed by atoms with Crippen molar-refractivity contribution in [3.8, 4) is 16.3 Å². The fourth-order valence-electron chi connectivity index (χ4n) is 2.35. The van der Waals surface area contributed by atoms with Crippen LogP contribution in [-0.4, -0.2) is 32.7 Å². The monoisotopic (exact) mass is 403 g/mol. The van der Waals surface area contributed by atoms with Crippen molar-refractivity contribution in [3.63, 3.8) is 0 Å². The summed E-state index contributed by atoms with van der Waals surface area (Å²) < 4.78 is 30.5. The number of anilines is 2. The van der Waals surface area contributed by atoms with Crippen LogP contribution in [0.5, 0.6) is 5.75 Å². The SMILES string of the molecule is COc1ccc(NC(=O)c2csc(-c3ccccc3)n2)cc1NS(C)(=O)=O. The van der Waals surface area contributed by atoms with E-state index in [0.717, 1.165) is 16.8 Å². The smallest absolute Gasteiger partial charge is 0.275 e. The van der Waals surface area contributed by atoms with Gasteiger partial charge >= 0.3 is 0 Å². The summed E-state index contributed by atoms with van der Waals surface area (Å²) in [4.78, 5) is 16.8. The lowest BCUT2D eigenvalue weighted by Gasteiger charge is -2.12. The number of nitrogens with one attached hydrogen (secondary N) is 2. The molecule has 0 spiro atoms. The molecule has 0 aliphatic rings. The maximum absolute atomic E-state index is 12.5. The van der Waals surface area contributed by atoms with Crippen LogP contribution in [0, 0.1) is 0 Å². The number of hydrogen-bond donors (Lipinski definition) is 2. The molecule has 1 heterocycles. The molecule has 0 radical (unpaired) electrons. The minimum Gasteiger partial charge on any atom is -0.495 e. The Morgan fingerprint density at radius 2 is 1.89 bits per heavy atom. The number of aromatic nitrogens is 1. The van der Waals surface area contributed by atoms with Crippen LogP contribution >= 0.6 is 11.3 Å². The molecule has 7 nitrogen and oxygen atoms in total. The molecule has 3 rings (SSSR count). The van der Waals surface area contributed by atoms with Crippen molar-refractivity contribution in [2.75, 3.05) is 23.4 Å². The number of carbonyl (C=O) groups excluding carboxylic acids is 1. The molecule has 0 atom stereocenters. The Bertz CT molecular complexity index is 1060. The summed E-state index contributed by atoms with van der Waals surface area (Å²) in [6, 6.07) is 14.3. The molecular weight excluding hydrogens is 386 g/mol. The van der Waals surface area contributed by atoms with Gasteiger partial charge < -0.3 is 10.1 Å². The van der Waals surface area contributed by atoms with Crippen molar-refractivity contribution in [3.05, 3.63) is 59.6 Å². The van der Waals surface area contributed by atoms with Gasteiger partial charge in [-0.1, -0.05) is 30.3 Å². The van der Waals surface area contributed by atoms with Gasteiger partial charge in [-0.15, -0.1) is 11.3 Å². The molecule has 0 fully saturated rings. The molecule has 27 heavy (non-hydrogen) atoms. The molecule has 0 saturated carbocycles. The fraction of sp³-hybridized carbons (Fsp3) is 0.111. The molecule has 0 saturated heterocycles. The number of hydrogen-bond acceptors (Lipinski definition) is 6. The number of carbonyl (C=O) groups is 1. The highest BCUT2D eigenvalue weighted by molar-refractivity contribution is 7.92. The number of ether oxygens (including phenoxy) is 1. The second-order valence-corrected chi connectivity index (χ2v) is 8.25. The summed E-state index contributed by atoms with van der Waals surface area (Å²) in [5, 5.41) is 5.14. The van der Waals surface area contributed by atoms with Crippen LogP contribution in [-0.2, 0) is 10.0 Å². The largest absolute Gasteiger partial charge is 0.495 e. The fourth-order valence-corrected chi connectivity index (χ4v) is 3.72. The predicted octanol–water partition coefficient (Wildman–Crippen LogP) is 3.44. The van der Waals surface area contributed by atoms with Gasteiger partial charge in [-0.3, -0.25) is 9.52 Å². The van der Waals surface area contributed by atoms with Gasteiger partial charge in [0, 0.05) is 16.6 Å². The Morgan fingerprint density at radius 3 is 2.56 bits per heavy atom. The Balaban J connectivity index is 1.80. The molecule has 1 amide bonds. The van der Waals surface area contributed by atoms with E-state index in [1.807, 2.05) is 30.3 Å². The first kappa shape index (κ1) is 18.9. The Kier molecular flexibility index (Phi) is 5.43. The quantitative estimate of drug-likeness (QED) is 0.657. The highest BCUT2D eigenvalue weighted by atomic mass is 32.2. The Hall–Kier alpha value is -2.91. The third-order valence-electron chi connectivity index (χ3n) is 3.51. The predicted molar refractivity (Wildman–Crippen MR) is 107 cm³/mol. The molecule has 0 bridgehead atoms. The molecule has 0 aliphatic heterocycles. The number of thiazole rings is 1. The van der Waals surface area contributed by atoms with E-state index in [1.54, 1.807) is 17.5 Å². The average Bonchev–Trinajstić information content (AvgIpc) is 3.12. The molecule has 2 aromatic carbocycles. The van der Waals surface area contributed by atoms with E-state index in [-0.39, 0.29) is 17.3 Å². The van der Waals surface area contributed by atoms with Crippen LogP contribution in [0.3, 0.4) is 0 Å². The van der Waals surface area contributed by atoms with E-state index < -0.39 is 10.0 Å². The van der Waals surface area contributed by atoms with Crippen molar-refractivity contribution in [1.29, 1.82) is 0 Å². The molecule has 3 aromatic rings. The maximum atomic E-state index is 12.5. The van der Waals surface area contributed by atoms with Gasteiger partial charge in [-0.25, -0.2) is 13.4 Å². The van der Waals surface area contributed by atoms with E-state index in [9.17, 15) is 13.2 Å². The third kappa shape index (κ3) is 4.83. The molecule has 1 aromatic heterocycles. The first-order valence-electron chi connectivity index (χ1n) is 7.84. The van der Waals surface area contributed by atoms with Crippen molar-refractivity contribution in [2.24, 2.45) is 0 Å². The molecule has 0 unspecified atom stereocenters. The molecule has 2 N–H and O–H groups in total. The molecule has 140 valence electrons. The van der Waals surface area contributed by atoms with Gasteiger partial charge in [0.05, 0.1) is 19.1 Å². The summed E-state index contributed by atoms with van der Waals surface area (Å²) in [7, 11) is -2.06. The summed E-state index contributed by atoms with van der Waals surface area (Å²) in [5.74, 6) is -0.0395. The van der Waals surface area contributed by atoms with Crippen molar-refractivity contribution in [1.82, 2.24) is 4.98 Å². The van der Waals surface area contributed by atoms with E-state index in [0.29, 0.717) is 11.4 Å². The third-order valence-corrected chi connectivity index (χ3v) is 4.99. The number of methoxy groups -OCH3 is 1. The second-order valence-electron chi connectivity index (χ2n) is 5.65. The molecule has 0 aliphatic carbocycles. The summed E-state index contributed by atoms with van der Waals surface area (Å²) >= 11 is 1.38. The number of benzene rings is 2. The number of sulfonamides is 1. The normalized spacial score (nSPS) is 11.0. The molecular formula is C18H17N3O4S2. The summed E-state index contributed by atoms with van der Waals surface area (Å²) in [5.41, 5.74) is 1.88. The minimum atomic E-state index is -3.49. The number of nitrogens with zero attached hydrogens (tertiary/aromatic N) is 1. The van der Waals surface area contributed by atoms with Gasteiger partial charge in [-0.2, -0.15) is 0 Å². The topological polar surface area (TPSA) is 97.4 Å². The highest BCUT2D eigenvalue weighted by Gasteiger charge is 2.14. The lowest BCUT2D eigenvalue weighted by atomic mass is 10.2. The van der Waals surface area contributed by atoms with Gasteiger partial charge in [0.25, 0.3) is 5.91 Å². The minimum absolute atomic E-state index is 0.237. The van der Waals surface area contributed by atoms with Crippen LogP contribution in [0.1, 0.15) is 10.5 Å². The lowest BCUT2D eigenvalue weighted by Crippen LogP contribution is -2.14. The van der Waals surface area contributed by atoms with Crippen molar-refractivity contribution in [2.45, 2.75) is 0 Å². The average molecular weight is 403 g/mol. The zero-order chi connectivity index (χ0) is 19.4. The summed E-state index contributed by atoms with van der Waals surface area (Å²) in [6.07, 6.45) is 1.04. The van der Waals surface area contributed by atoms with E-state index in [1.165, 1.54) is 24.5 Å². The Labute approximate surface area is 161 Å². The Morgan fingerprint density at radius 1 is 1.15 bits per heavy atom. The van der Waals surface area contributed by atoms with Crippen LogP contribution in [0.4, 0.5) is 11.4 Å². The van der Waals surface area contributed by atoms with Crippen LogP contribution in [0.15, 0.2) is 53.9 Å². The maximum Gasteiger partial charge on any atom is 0.275 e. The van der Waals surface area contributed by atoms with E-state index >= 15 is 0 Å².